The Hall–Kier alpha value is -1.75. The first-order chi connectivity index (χ1) is 8.99. The average molecular weight is 283 g/mol. The van der Waals surface area contributed by atoms with Gasteiger partial charge in [0.2, 0.25) is 0 Å². The highest BCUT2D eigenvalue weighted by molar-refractivity contribution is 6.30. The maximum atomic E-state index is 12.0. The third kappa shape index (κ3) is 4.13. The van der Waals surface area contributed by atoms with Crippen molar-refractivity contribution in [2.75, 3.05) is 11.4 Å². The Bertz CT molecular complexity index is 484. The van der Waals surface area contributed by atoms with Crippen LogP contribution in [0.1, 0.15) is 25.8 Å². The highest BCUT2D eigenvalue weighted by atomic mass is 35.5. The van der Waals surface area contributed by atoms with Gasteiger partial charge < -0.3 is 11.5 Å². The lowest BCUT2D eigenvalue weighted by Gasteiger charge is -2.22. The zero-order valence-electron chi connectivity index (χ0n) is 11.2. The van der Waals surface area contributed by atoms with E-state index < -0.39 is 6.03 Å². The third-order valence-corrected chi connectivity index (χ3v) is 2.86. The van der Waals surface area contributed by atoms with Crippen molar-refractivity contribution in [3.8, 4) is 0 Å². The molecule has 4 N–H and O–H groups in total. The number of rotatable bonds is 4. The number of aliphatic imine (C=N–C) groups is 1. The van der Waals surface area contributed by atoms with E-state index >= 15 is 0 Å². The van der Waals surface area contributed by atoms with Crippen molar-refractivity contribution in [3.05, 3.63) is 28.8 Å². The van der Waals surface area contributed by atoms with Crippen LogP contribution in [0.25, 0.3) is 0 Å². The van der Waals surface area contributed by atoms with Crippen molar-refractivity contribution >= 4 is 29.3 Å². The lowest BCUT2D eigenvalue weighted by molar-refractivity contribution is 0.254. The lowest BCUT2D eigenvalue weighted by atomic mass is 10.1. The summed E-state index contributed by atoms with van der Waals surface area (Å²) in [6.45, 7) is 4.41. The van der Waals surface area contributed by atoms with Gasteiger partial charge in [0.25, 0.3) is 0 Å². The zero-order chi connectivity index (χ0) is 14.4. The number of benzene rings is 1. The SMILES string of the molecule is CCCc1cc(Cl)ccc1N(CC)C(=O)N=C(N)N. The number of anilines is 1. The third-order valence-electron chi connectivity index (χ3n) is 2.62. The number of urea groups is 1. The molecule has 0 radical (unpaired) electrons. The first-order valence-corrected chi connectivity index (χ1v) is 6.56. The standard InChI is InChI=1S/C13H19ClN4O/c1-3-5-9-8-10(14)6-7-11(9)18(4-2)13(19)17-12(15)16/h6-8H,3-5H2,1-2H3,(H4,15,16,17,19). The summed E-state index contributed by atoms with van der Waals surface area (Å²) < 4.78 is 0. The van der Waals surface area contributed by atoms with Gasteiger partial charge in [0.1, 0.15) is 0 Å². The molecule has 0 spiro atoms. The van der Waals surface area contributed by atoms with E-state index in [2.05, 4.69) is 11.9 Å². The summed E-state index contributed by atoms with van der Waals surface area (Å²) in [7, 11) is 0. The minimum atomic E-state index is -0.470. The molecule has 1 aromatic rings. The first-order valence-electron chi connectivity index (χ1n) is 6.19. The van der Waals surface area contributed by atoms with Gasteiger partial charge in [-0.25, -0.2) is 4.79 Å². The monoisotopic (exact) mass is 282 g/mol. The normalized spacial score (nSPS) is 10.1. The molecule has 0 aliphatic rings. The van der Waals surface area contributed by atoms with Gasteiger partial charge in [-0.3, -0.25) is 4.90 Å². The van der Waals surface area contributed by atoms with Crippen molar-refractivity contribution in [2.45, 2.75) is 26.7 Å². The van der Waals surface area contributed by atoms with Crippen molar-refractivity contribution < 1.29 is 4.79 Å². The van der Waals surface area contributed by atoms with E-state index in [9.17, 15) is 4.79 Å². The molecule has 0 aromatic heterocycles. The van der Waals surface area contributed by atoms with E-state index in [0.717, 1.165) is 24.1 Å². The van der Waals surface area contributed by atoms with Crippen LogP contribution in [0.15, 0.2) is 23.2 Å². The number of hydrogen-bond acceptors (Lipinski definition) is 1. The number of guanidine groups is 1. The van der Waals surface area contributed by atoms with E-state index in [1.165, 1.54) is 4.90 Å². The van der Waals surface area contributed by atoms with Crippen LogP contribution in [-0.4, -0.2) is 18.5 Å². The summed E-state index contributed by atoms with van der Waals surface area (Å²) in [4.78, 5) is 17.1. The molecular formula is C13H19ClN4O. The van der Waals surface area contributed by atoms with Crippen LogP contribution < -0.4 is 16.4 Å². The highest BCUT2D eigenvalue weighted by Gasteiger charge is 2.16. The molecule has 0 saturated heterocycles. The van der Waals surface area contributed by atoms with Crippen LogP contribution in [0, 0.1) is 0 Å². The minimum Gasteiger partial charge on any atom is -0.370 e. The predicted molar refractivity (Wildman–Crippen MR) is 79.7 cm³/mol. The Labute approximate surface area is 118 Å². The summed E-state index contributed by atoms with van der Waals surface area (Å²) in [6.07, 6.45) is 1.79. The van der Waals surface area contributed by atoms with Crippen molar-refractivity contribution in [1.82, 2.24) is 0 Å². The van der Waals surface area contributed by atoms with E-state index in [-0.39, 0.29) is 5.96 Å². The summed E-state index contributed by atoms with van der Waals surface area (Å²) in [5, 5.41) is 0.651. The second kappa shape index (κ2) is 6.99. The fourth-order valence-corrected chi connectivity index (χ4v) is 2.06. The number of halogens is 1. The molecule has 2 amide bonds. The topological polar surface area (TPSA) is 84.7 Å². The van der Waals surface area contributed by atoms with E-state index in [0.29, 0.717) is 11.6 Å². The second-order valence-corrected chi connectivity index (χ2v) is 4.52. The molecule has 1 rings (SSSR count). The number of carbonyl (C=O) groups excluding carboxylic acids is 1. The van der Waals surface area contributed by atoms with Gasteiger partial charge >= 0.3 is 6.03 Å². The van der Waals surface area contributed by atoms with E-state index in [1.54, 1.807) is 6.07 Å². The number of hydrogen-bond donors (Lipinski definition) is 2. The fourth-order valence-electron chi connectivity index (χ4n) is 1.87. The van der Waals surface area contributed by atoms with Crippen LogP contribution >= 0.6 is 11.6 Å². The molecule has 19 heavy (non-hydrogen) atoms. The van der Waals surface area contributed by atoms with Gasteiger partial charge in [0.05, 0.1) is 0 Å². The Morgan fingerprint density at radius 2 is 2.05 bits per heavy atom. The quantitative estimate of drug-likeness (QED) is 0.657. The van der Waals surface area contributed by atoms with Crippen LogP contribution in [-0.2, 0) is 6.42 Å². The fraction of sp³-hybridized carbons (Fsp3) is 0.385. The summed E-state index contributed by atoms with van der Waals surface area (Å²) in [6, 6.07) is 4.96. The average Bonchev–Trinajstić information content (AvgIpc) is 2.32. The molecule has 0 saturated carbocycles. The largest absolute Gasteiger partial charge is 0.370 e. The van der Waals surface area contributed by atoms with Crippen LogP contribution in [0.4, 0.5) is 10.5 Å². The number of nitrogens with zero attached hydrogens (tertiary/aromatic N) is 2. The maximum absolute atomic E-state index is 12.0. The zero-order valence-corrected chi connectivity index (χ0v) is 11.9. The van der Waals surface area contributed by atoms with Crippen molar-refractivity contribution in [3.63, 3.8) is 0 Å². The molecule has 1 aromatic carbocycles. The Morgan fingerprint density at radius 3 is 2.58 bits per heavy atom. The van der Waals surface area contributed by atoms with Crippen molar-refractivity contribution in [2.24, 2.45) is 16.5 Å². The first kappa shape index (κ1) is 15.3. The van der Waals surface area contributed by atoms with Gasteiger partial charge in [-0.2, -0.15) is 4.99 Å². The summed E-state index contributed by atoms with van der Waals surface area (Å²) in [5.41, 5.74) is 12.3. The number of amides is 2. The molecule has 104 valence electrons. The molecule has 0 heterocycles. The van der Waals surface area contributed by atoms with Gasteiger partial charge in [0.15, 0.2) is 5.96 Å². The van der Waals surface area contributed by atoms with Gasteiger partial charge in [0, 0.05) is 17.3 Å². The highest BCUT2D eigenvalue weighted by Crippen LogP contribution is 2.26. The minimum absolute atomic E-state index is 0.241. The molecule has 0 aliphatic carbocycles. The Kier molecular flexibility index (Phi) is 5.63. The van der Waals surface area contributed by atoms with E-state index in [4.69, 9.17) is 23.1 Å². The van der Waals surface area contributed by atoms with Crippen molar-refractivity contribution in [1.29, 1.82) is 0 Å². The smallest absolute Gasteiger partial charge is 0.351 e. The summed E-state index contributed by atoms with van der Waals surface area (Å²) in [5.74, 6) is -0.241. The number of nitrogens with two attached hydrogens (primary N) is 2. The molecule has 0 atom stereocenters. The molecule has 0 bridgehead atoms. The Balaban J connectivity index is 3.17. The van der Waals surface area contributed by atoms with Crippen LogP contribution in [0.5, 0.6) is 0 Å². The van der Waals surface area contributed by atoms with Gasteiger partial charge in [-0.15, -0.1) is 0 Å². The second-order valence-electron chi connectivity index (χ2n) is 4.09. The van der Waals surface area contributed by atoms with Gasteiger partial charge in [-0.05, 0) is 37.1 Å². The van der Waals surface area contributed by atoms with Gasteiger partial charge in [-0.1, -0.05) is 24.9 Å². The molecule has 5 nitrogen and oxygen atoms in total. The molecule has 6 heteroatoms. The molecule has 0 fully saturated rings. The Morgan fingerprint density at radius 1 is 1.37 bits per heavy atom. The summed E-state index contributed by atoms with van der Waals surface area (Å²) >= 11 is 5.99. The predicted octanol–water partition coefficient (Wildman–Crippen LogP) is 2.51. The van der Waals surface area contributed by atoms with Crippen LogP contribution in [0.2, 0.25) is 5.02 Å². The van der Waals surface area contributed by atoms with Crippen LogP contribution in [0.3, 0.4) is 0 Å². The molecule has 0 aliphatic heterocycles. The number of carbonyl (C=O) groups is 1. The maximum Gasteiger partial charge on any atom is 0.351 e. The number of aryl methyl sites for hydroxylation is 1. The molecule has 0 unspecified atom stereocenters. The molecular weight excluding hydrogens is 264 g/mol. The lowest BCUT2D eigenvalue weighted by Crippen LogP contribution is -2.33. The van der Waals surface area contributed by atoms with E-state index in [1.807, 2.05) is 19.1 Å².